The van der Waals surface area contributed by atoms with Crippen LogP contribution in [0.5, 0.6) is 0 Å². The Morgan fingerprint density at radius 1 is 1.19 bits per heavy atom. The van der Waals surface area contributed by atoms with E-state index in [1.54, 1.807) is 12.3 Å². The van der Waals surface area contributed by atoms with Crippen LogP contribution < -0.4 is 4.90 Å². The minimum atomic E-state index is 0. The topological polar surface area (TPSA) is 39.9 Å². The third kappa shape index (κ3) is 10.1. The van der Waals surface area contributed by atoms with Gasteiger partial charge in [-0.25, -0.2) is 0 Å². The van der Waals surface area contributed by atoms with Crippen molar-refractivity contribution in [1.82, 2.24) is 4.98 Å². The second-order valence-electron chi connectivity index (χ2n) is 8.55. The SMILES string of the molecule is CC#N.CCCC1(C)CCC=CCC1CC.CN(C)c1c[c-]c(-c2ccccn2)cc1.[Os+]. The number of anilines is 1. The van der Waals surface area contributed by atoms with Crippen LogP contribution in [0.3, 0.4) is 0 Å². The molecule has 0 N–H and O–H groups in total. The molecule has 0 fully saturated rings. The van der Waals surface area contributed by atoms with Crippen molar-refractivity contribution < 1.29 is 19.8 Å². The van der Waals surface area contributed by atoms with E-state index >= 15 is 0 Å². The van der Waals surface area contributed by atoms with Gasteiger partial charge in [-0.3, -0.25) is 0 Å². The molecule has 1 heterocycles. The quantitative estimate of drug-likeness (QED) is 0.258. The predicted octanol–water partition coefficient (Wildman–Crippen LogP) is 7.70. The van der Waals surface area contributed by atoms with Crippen molar-refractivity contribution in [2.24, 2.45) is 11.3 Å². The number of nitriles is 1. The maximum Gasteiger partial charge on any atom is 1.00 e. The number of nitrogens with zero attached hydrogens (tertiary/aromatic N) is 3. The van der Waals surface area contributed by atoms with E-state index in [4.69, 9.17) is 5.26 Å². The van der Waals surface area contributed by atoms with Gasteiger partial charge in [-0.2, -0.15) is 5.26 Å². The Bertz CT molecular complexity index is 794. The summed E-state index contributed by atoms with van der Waals surface area (Å²) in [6.45, 7) is 8.59. The van der Waals surface area contributed by atoms with E-state index < -0.39 is 0 Å². The molecule has 32 heavy (non-hydrogen) atoms. The number of aromatic nitrogens is 1. The summed E-state index contributed by atoms with van der Waals surface area (Å²) < 4.78 is 0. The minimum absolute atomic E-state index is 0. The van der Waals surface area contributed by atoms with Crippen LogP contribution in [0, 0.1) is 28.7 Å². The zero-order valence-electron chi connectivity index (χ0n) is 20.7. The Balaban J connectivity index is 0.000000525. The molecule has 1 aromatic heterocycles. The van der Waals surface area contributed by atoms with E-state index in [0.717, 1.165) is 22.9 Å². The summed E-state index contributed by atoms with van der Waals surface area (Å²) in [5.74, 6) is 0.922. The number of rotatable bonds is 5. The van der Waals surface area contributed by atoms with Gasteiger partial charge in [0.25, 0.3) is 0 Å². The van der Waals surface area contributed by atoms with Crippen molar-refractivity contribution in [3.8, 4) is 17.3 Å². The molecule has 1 aliphatic carbocycles. The molecule has 1 aliphatic rings. The molecule has 0 saturated carbocycles. The van der Waals surface area contributed by atoms with Crippen LogP contribution >= 0.6 is 0 Å². The molecule has 0 spiro atoms. The molecular weight excluding hydrogens is 569 g/mol. The van der Waals surface area contributed by atoms with E-state index in [2.05, 4.69) is 54.9 Å². The molecule has 4 heteroatoms. The maximum atomic E-state index is 7.32. The number of hydrogen-bond donors (Lipinski definition) is 0. The van der Waals surface area contributed by atoms with Gasteiger partial charge in [-0.15, -0.1) is 29.8 Å². The second kappa shape index (κ2) is 16.6. The summed E-state index contributed by atoms with van der Waals surface area (Å²) in [6, 6.07) is 16.9. The summed E-state index contributed by atoms with van der Waals surface area (Å²) in [5.41, 5.74) is 3.76. The molecule has 0 amide bonds. The van der Waals surface area contributed by atoms with Crippen LogP contribution in [-0.2, 0) is 19.8 Å². The summed E-state index contributed by atoms with van der Waals surface area (Å²) in [7, 11) is 4.03. The fraction of sp³-hybridized carbons (Fsp3) is 0.500. The van der Waals surface area contributed by atoms with Crippen LogP contribution in [0.25, 0.3) is 11.3 Å². The van der Waals surface area contributed by atoms with Gasteiger partial charge < -0.3 is 9.88 Å². The molecule has 2 aromatic rings. The third-order valence-corrected chi connectivity index (χ3v) is 6.02. The van der Waals surface area contributed by atoms with Gasteiger partial charge in [0.05, 0.1) is 6.07 Å². The Morgan fingerprint density at radius 3 is 2.41 bits per heavy atom. The first-order valence-corrected chi connectivity index (χ1v) is 11.5. The Morgan fingerprint density at radius 2 is 1.91 bits per heavy atom. The number of benzene rings is 1. The first-order chi connectivity index (χ1) is 14.9. The van der Waals surface area contributed by atoms with E-state index in [9.17, 15) is 0 Å². The van der Waals surface area contributed by atoms with E-state index in [1.807, 2.05) is 44.4 Å². The van der Waals surface area contributed by atoms with Gasteiger partial charge in [-0.1, -0.05) is 57.9 Å². The normalized spacial score (nSPS) is 19.0. The van der Waals surface area contributed by atoms with Gasteiger partial charge in [0, 0.05) is 13.1 Å². The standard InChI is InChI=1S/C13H13N2.C13H24.C2H3N.Os/c1-15(2)12-8-6-11(7-9-12)13-5-3-4-10-14-13;1-4-10-13(3)11-8-6-7-9-12(13)5-2;1-2-3;/h3-6,8-10H,1-2H3;6-7,12H,4-5,8-11H2,1-3H3;1H3;/q-1;;;+1. The van der Waals surface area contributed by atoms with Crippen LogP contribution in [0.4, 0.5) is 5.69 Å². The fourth-order valence-electron chi connectivity index (χ4n) is 4.22. The van der Waals surface area contributed by atoms with Crippen molar-refractivity contribution in [2.45, 2.75) is 66.2 Å². The monoisotopic (exact) mass is 610 g/mol. The van der Waals surface area contributed by atoms with Crippen molar-refractivity contribution in [3.63, 3.8) is 0 Å². The summed E-state index contributed by atoms with van der Waals surface area (Å²) in [6.07, 6.45) is 14.7. The third-order valence-electron chi connectivity index (χ3n) is 6.02. The van der Waals surface area contributed by atoms with Crippen molar-refractivity contribution in [1.29, 1.82) is 5.26 Å². The first-order valence-electron chi connectivity index (χ1n) is 11.5. The number of allylic oxidation sites excluding steroid dienone is 2. The molecule has 2 unspecified atom stereocenters. The minimum Gasteiger partial charge on any atom is -0.416 e. The van der Waals surface area contributed by atoms with Gasteiger partial charge in [0.2, 0.25) is 0 Å². The zero-order valence-corrected chi connectivity index (χ0v) is 23.3. The summed E-state index contributed by atoms with van der Waals surface area (Å²) >= 11 is 0. The average molecular weight is 609 g/mol. The van der Waals surface area contributed by atoms with Gasteiger partial charge >= 0.3 is 19.8 Å². The molecule has 2 atom stereocenters. The van der Waals surface area contributed by atoms with Crippen LogP contribution in [0.1, 0.15) is 66.2 Å². The van der Waals surface area contributed by atoms with Crippen LogP contribution in [0.15, 0.2) is 54.7 Å². The van der Waals surface area contributed by atoms with E-state index in [1.165, 1.54) is 45.4 Å². The summed E-state index contributed by atoms with van der Waals surface area (Å²) in [4.78, 5) is 6.33. The van der Waals surface area contributed by atoms with Crippen molar-refractivity contribution in [2.75, 3.05) is 19.0 Å². The molecule has 1 radical (unpaired) electrons. The zero-order chi connectivity index (χ0) is 23.1. The largest absolute Gasteiger partial charge is 1.00 e. The van der Waals surface area contributed by atoms with E-state index in [0.29, 0.717) is 5.41 Å². The smallest absolute Gasteiger partial charge is 0.416 e. The molecule has 3 nitrogen and oxygen atoms in total. The molecule has 175 valence electrons. The first kappa shape index (κ1) is 30.0. The molecule has 0 bridgehead atoms. The molecular formula is C28H40N3Os. The number of pyridine rings is 1. The molecule has 0 aliphatic heterocycles. The summed E-state index contributed by atoms with van der Waals surface area (Å²) in [5, 5.41) is 7.32. The molecule has 3 rings (SSSR count). The molecule has 0 saturated heterocycles. The van der Waals surface area contributed by atoms with Crippen molar-refractivity contribution >= 4 is 5.69 Å². The second-order valence-corrected chi connectivity index (χ2v) is 8.55. The number of hydrogen-bond acceptors (Lipinski definition) is 3. The van der Waals surface area contributed by atoms with Gasteiger partial charge in [-0.05, 0) is 68.6 Å². The fourth-order valence-corrected chi connectivity index (χ4v) is 4.22. The Labute approximate surface area is 210 Å². The predicted molar refractivity (Wildman–Crippen MR) is 134 cm³/mol. The maximum absolute atomic E-state index is 7.32. The van der Waals surface area contributed by atoms with Crippen LogP contribution in [0.2, 0.25) is 0 Å². The Hall–Kier alpha value is -1.96. The van der Waals surface area contributed by atoms with E-state index in [-0.39, 0.29) is 19.8 Å². The molecule has 1 aromatic carbocycles. The van der Waals surface area contributed by atoms with Crippen molar-refractivity contribution in [3.05, 3.63) is 60.8 Å². The van der Waals surface area contributed by atoms with Gasteiger partial charge in [0.1, 0.15) is 0 Å². The van der Waals surface area contributed by atoms with Crippen LogP contribution in [-0.4, -0.2) is 19.1 Å². The Kier molecular flexibility index (Phi) is 15.6. The van der Waals surface area contributed by atoms with Gasteiger partial charge in [0.15, 0.2) is 0 Å². The average Bonchev–Trinajstić information content (AvgIpc) is 2.96.